The molecule has 1 N–H and O–H groups in total. The Labute approximate surface area is 151 Å². The Hall–Kier alpha value is -2.66. The monoisotopic (exact) mass is 352 g/mol. The standard InChI is InChI=1S/C20H20N2O2S/c1-3-19(23)21-16-8-6-15(7-9-16)18-13-25-20(22-18)12-14-4-10-17(24-2)11-5-14/h4-11,13H,3,12H2,1-2H3,(H,21,23). The second-order valence-electron chi connectivity index (χ2n) is 5.63. The molecule has 25 heavy (non-hydrogen) atoms. The van der Waals surface area contributed by atoms with Crippen molar-refractivity contribution in [2.45, 2.75) is 19.8 Å². The summed E-state index contributed by atoms with van der Waals surface area (Å²) in [7, 11) is 1.67. The molecule has 0 radical (unpaired) electrons. The van der Waals surface area contributed by atoms with E-state index in [1.165, 1.54) is 5.56 Å². The first kappa shape index (κ1) is 17.2. The van der Waals surface area contributed by atoms with Crippen molar-refractivity contribution in [1.82, 2.24) is 4.98 Å². The molecule has 4 nitrogen and oxygen atoms in total. The third-order valence-corrected chi connectivity index (χ3v) is 4.70. The molecule has 0 saturated heterocycles. The predicted octanol–water partition coefficient (Wildman–Crippen LogP) is 4.76. The summed E-state index contributed by atoms with van der Waals surface area (Å²) < 4.78 is 5.18. The normalized spacial score (nSPS) is 10.5. The summed E-state index contributed by atoms with van der Waals surface area (Å²) in [6, 6.07) is 15.8. The quantitative estimate of drug-likeness (QED) is 0.696. The van der Waals surface area contributed by atoms with Gasteiger partial charge in [0.05, 0.1) is 17.8 Å². The number of amides is 1. The molecule has 0 saturated carbocycles. The van der Waals surface area contributed by atoms with Gasteiger partial charge in [0.15, 0.2) is 0 Å². The molecule has 0 aliphatic carbocycles. The largest absolute Gasteiger partial charge is 0.497 e. The molecule has 0 aliphatic rings. The van der Waals surface area contributed by atoms with E-state index in [1.54, 1.807) is 18.4 Å². The maximum atomic E-state index is 11.4. The van der Waals surface area contributed by atoms with Crippen LogP contribution in [0, 0.1) is 0 Å². The summed E-state index contributed by atoms with van der Waals surface area (Å²) in [5.74, 6) is 0.877. The molecule has 0 atom stereocenters. The van der Waals surface area contributed by atoms with E-state index < -0.39 is 0 Å². The van der Waals surface area contributed by atoms with Crippen LogP contribution in [-0.2, 0) is 11.2 Å². The van der Waals surface area contributed by atoms with Crippen LogP contribution in [0.5, 0.6) is 5.75 Å². The van der Waals surface area contributed by atoms with Crippen LogP contribution < -0.4 is 10.1 Å². The summed E-state index contributed by atoms with van der Waals surface area (Å²) in [4.78, 5) is 16.1. The molecule has 0 aliphatic heterocycles. The molecule has 5 heteroatoms. The number of nitrogens with one attached hydrogen (secondary N) is 1. The molecule has 0 bridgehead atoms. The van der Waals surface area contributed by atoms with E-state index in [-0.39, 0.29) is 5.91 Å². The Morgan fingerprint density at radius 2 is 1.84 bits per heavy atom. The average molecular weight is 352 g/mol. The fourth-order valence-electron chi connectivity index (χ4n) is 2.42. The van der Waals surface area contributed by atoms with Gasteiger partial charge in [-0.3, -0.25) is 4.79 Å². The molecule has 0 fully saturated rings. The van der Waals surface area contributed by atoms with Crippen LogP contribution >= 0.6 is 11.3 Å². The summed E-state index contributed by atoms with van der Waals surface area (Å²) in [5, 5.41) is 5.99. The number of hydrogen-bond acceptors (Lipinski definition) is 4. The molecule has 1 amide bonds. The third-order valence-electron chi connectivity index (χ3n) is 3.85. The van der Waals surface area contributed by atoms with Crippen molar-refractivity contribution in [3.05, 3.63) is 64.5 Å². The zero-order valence-corrected chi connectivity index (χ0v) is 15.1. The van der Waals surface area contributed by atoms with Crippen LogP contribution in [0.2, 0.25) is 0 Å². The molecule has 3 rings (SSSR count). The van der Waals surface area contributed by atoms with Crippen LogP contribution in [0.1, 0.15) is 23.9 Å². The van der Waals surface area contributed by atoms with Gasteiger partial charge in [0, 0.05) is 29.5 Å². The molecule has 2 aromatic carbocycles. The lowest BCUT2D eigenvalue weighted by Gasteiger charge is -2.04. The highest BCUT2D eigenvalue weighted by atomic mass is 32.1. The van der Waals surface area contributed by atoms with E-state index in [4.69, 9.17) is 9.72 Å². The number of carbonyl (C=O) groups excluding carboxylic acids is 1. The fraction of sp³-hybridized carbons (Fsp3) is 0.200. The van der Waals surface area contributed by atoms with Crippen molar-refractivity contribution >= 4 is 22.9 Å². The Bertz CT molecular complexity index is 839. The molecular weight excluding hydrogens is 332 g/mol. The highest BCUT2D eigenvalue weighted by Crippen LogP contribution is 2.25. The predicted molar refractivity (Wildman–Crippen MR) is 102 cm³/mol. The summed E-state index contributed by atoms with van der Waals surface area (Å²) >= 11 is 1.66. The van der Waals surface area contributed by atoms with Gasteiger partial charge in [-0.1, -0.05) is 31.2 Å². The molecule has 0 spiro atoms. The van der Waals surface area contributed by atoms with Gasteiger partial charge in [-0.2, -0.15) is 0 Å². The smallest absolute Gasteiger partial charge is 0.224 e. The number of thiazole rings is 1. The number of benzene rings is 2. The fourth-order valence-corrected chi connectivity index (χ4v) is 3.25. The number of hydrogen-bond donors (Lipinski definition) is 1. The highest BCUT2D eigenvalue weighted by Gasteiger charge is 2.07. The Morgan fingerprint density at radius 1 is 1.12 bits per heavy atom. The third kappa shape index (κ3) is 4.45. The minimum absolute atomic E-state index is 0.0168. The van der Waals surface area contributed by atoms with E-state index >= 15 is 0 Å². The van der Waals surface area contributed by atoms with E-state index in [9.17, 15) is 4.79 Å². The number of aromatic nitrogens is 1. The van der Waals surface area contributed by atoms with Crippen LogP contribution in [-0.4, -0.2) is 18.0 Å². The van der Waals surface area contributed by atoms with Gasteiger partial charge in [-0.05, 0) is 29.8 Å². The second kappa shape index (κ2) is 7.94. The van der Waals surface area contributed by atoms with Crippen LogP contribution in [0.15, 0.2) is 53.9 Å². The summed E-state index contributed by atoms with van der Waals surface area (Å²) in [5.41, 5.74) is 4.03. The maximum Gasteiger partial charge on any atom is 0.224 e. The first-order valence-corrected chi connectivity index (χ1v) is 9.03. The van der Waals surface area contributed by atoms with Crippen LogP contribution in [0.4, 0.5) is 5.69 Å². The zero-order chi connectivity index (χ0) is 17.6. The van der Waals surface area contributed by atoms with Gasteiger partial charge in [-0.15, -0.1) is 11.3 Å². The molecule has 3 aromatic rings. The number of ether oxygens (including phenoxy) is 1. The SMILES string of the molecule is CCC(=O)Nc1ccc(-c2csc(Cc3ccc(OC)cc3)n2)cc1. The highest BCUT2D eigenvalue weighted by molar-refractivity contribution is 7.10. The van der Waals surface area contributed by atoms with E-state index in [0.29, 0.717) is 6.42 Å². The van der Waals surface area contributed by atoms with Crippen molar-refractivity contribution in [2.75, 3.05) is 12.4 Å². The first-order valence-electron chi connectivity index (χ1n) is 8.15. The Kier molecular flexibility index (Phi) is 5.46. The first-order chi connectivity index (χ1) is 12.2. The van der Waals surface area contributed by atoms with Crippen molar-refractivity contribution in [3.8, 4) is 17.0 Å². The van der Waals surface area contributed by atoms with Crippen molar-refractivity contribution in [1.29, 1.82) is 0 Å². The van der Waals surface area contributed by atoms with Gasteiger partial charge in [0.2, 0.25) is 5.91 Å². The van der Waals surface area contributed by atoms with Gasteiger partial charge >= 0.3 is 0 Å². The molecule has 1 heterocycles. The van der Waals surface area contributed by atoms with E-state index in [1.807, 2.05) is 43.3 Å². The number of rotatable bonds is 6. The van der Waals surface area contributed by atoms with E-state index in [2.05, 4.69) is 22.8 Å². The minimum atomic E-state index is 0.0168. The lowest BCUT2D eigenvalue weighted by atomic mass is 10.1. The zero-order valence-electron chi connectivity index (χ0n) is 14.3. The minimum Gasteiger partial charge on any atom is -0.497 e. The number of methoxy groups -OCH3 is 1. The molecular formula is C20H20N2O2S. The van der Waals surface area contributed by atoms with Crippen molar-refractivity contribution < 1.29 is 9.53 Å². The van der Waals surface area contributed by atoms with Crippen molar-refractivity contribution in [2.24, 2.45) is 0 Å². The summed E-state index contributed by atoms with van der Waals surface area (Å²) in [6.45, 7) is 1.84. The van der Waals surface area contributed by atoms with Gasteiger partial charge in [0.1, 0.15) is 5.75 Å². The topological polar surface area (TPSA) is 51.2 Å². The van der Waals surface area contributed by atoms with Crippen molar-refractivity contribution in [3.63, 3.8) is 0 Å². The lowest BCUT2D eigenvalue weighted by molar-refractivity contribution is -0.115. The number of nitrogens with zero attached hydrogens (tertiary/aromatic N) is 1. The van der Waals surface area contributed by atoms with Crippen LogP contribution in [0.25, 0.3) is 11.3 Å². The Balaban J connectivity index is 1.69. The van der Waals surface area contributed by atoms with Gasteiger partial charge in [-0.25, -0.2) is 4.98 Å². The lowest BCUT2D eigenvalue weighted by Crippen LogP contribution is -2.08. The Morgan fingerprint density at radius 3 is 2.48 bits per heavy atom. The van der Waals surface area contributed by atoms with Gasteiger partial charge < -0.3 is 10.1 Å². The summed E-state index contributed by atoms with van der Waals surface area (Å²) in [6.07, 6.45) is 1.28. The second-order valence-corrected chi connectivity index (χ2v) is 6.57. The number of anilines is 1. The van der Waals surface area contributed by atoms with Gasteiger partial charge in [0.25, 0.3) is 0 Å². The maximum absolute atomic E-state index is 11.4. The number of carbonyl (C=O) groups is 1. The van der Waals surface area contributed by atoms with E-state index in [0.717, 1.165) is 34.1 Å². The molecule has 128 valence electrons. The average Bonchev–Trinajstić information content (AvgIpc) is 3.11. The van der Waals surface area contributed by atoms with Crippen LogP contribution in [0.3, 0.4) is 0 Å². The molecule has 1 aromatic heterocycles. The molecule has 0 unspecified atom stereocenters.